The number of nitrogens with one attached hydrogen (secondary N) is 2. The molecule has 0 spiro atoms. The zero-order valence-corrected chi connectivity index (χ0v) is 14.6. The van der Waals surface area contributed by atoms with Gasteiger partial charge in [-0.1, -0.05) is 6.08 Å². The van der Waals surface area contributed by atoms with Gasteiger partial charge in [0.1, 0.15) is 18.1 Å². The van der Waals surface area contributed by atoms with Crippen LogP contribution in [0.1, 0.15) is 38.2 Å². The minimum Gasteiger partial charge on any atom is -0.474 e. The number of carbonyl (C=O) groups is 1. The fourth-order valence-corrected chi connectivity index (χ4v) is 3.06. The van der Waals surface area contributed by atoms with Crippen molar-refractivity contribution in [2.75, 3.05) is 6.54 Å². The Labute approximate surface area is 150 Å². The fraction of sp³-hybridized carbons (Fsp3) is 0.500. The van der Waals surface area contributed by atoms with Crippen molar-refractivity contribution < 1.29 is 18.3 Å². The van der Waals surface area contributed by atoms with Gasteiger partial charge in [0.25, 0.3) is 0 Å². The van der Waals surface area contributed by atoms with Crippen LogP contribution in [0.25, 0.3) is 11.0 Å². The summed E-state index contributed by atoms with van der Waals surface area (Å²) in [4.78, 5) is 22.9. The van der Waals surface area contributed by atoms with Gasteiger partial charge in [-0.3, -0.25) is 4.79 Å². The number of likely N-dealkylation sites (N-methyl/N-ethyl adjacent to an activating group) is 1. The molecular formula is C18H22F2N4O2. The third kappa shape index (κ3) is 4.36. The predicted octanol–water partition coefficient (Wildman–Crippen LogP) is 3.15. The maximum absolute atomic E-state index is 13.3. The summed E-state index contributed by atoms with van der Waals surface area (Å²) in [6.45, 7) is 2.43. The molecule has 2 N–H and O–H groups in total. The molecular weight excluding hydrogens is 342 g/mol. The van der Waals surface area contributed by atoms with E-state index in [0.29, 0.717) is 37.3 Å². The van der Waals surface area contributed by atoms with Crippen LogP contribution in [0.15, 0.2) is 24.7 Å². The molecule has 1 fully saturated rings. The molecule has 2 heterocycles. The monoisotopic (exact) mass is 364 g/mol. The van der Waals surface area contributed by atoms with Gasteiger partial charge in [0, 0.05) is 25.6 Å². The molecule has 1 aliphatic carbocycles. The summed E-state index contributed by atoms with van der Waals surface area (Å²) in [6, 6.07) is 0. The molecule has 1 aliphatic rings. The summed E-state index contributed by atoms with van der Waals surface area (Å²) >= 11 is 0. The number of alkyl halides is 2. The first-order valence-electron chi connectivity index (χ1n) is 8.78. The van der Waals surface area contributed by atoms with E-state index in [1.54, 1.807) is 12.3 Å². The highest BCUT2D eigenvalue weighted by Crippen LogP contribution is 2.36. The second-order valence-corrected chi connectivity index (χ2v) is 6.39. The first-order valence-corrected chi connectivity index (χ1v) is 8.78. The summed E-state index contributed by atoms with van der Waals surface area (Å²) in [5.41, 5.74) is 1.51. The van der Waals surface area contributed by atoms with Crippen LogP contribution in [0.2, 0.25) is 0 Å². The van der Waals surface area contributed by atoms with Crippen LogP contribution >= 0.6 is 0 Å². The highest BCUT2D eigenvalue weighted by molar-refractivity contribution is 5.88. The van der Waals surface area contributed by atoms with Gasteiger partial charge in [-0.05, 0) is 37.8 Å². The number of allylic oxidation sites excluding steroid dienone is 1. The van der Waals surface area contributed by atoms with E-state index >= 15 is 0 Å². The Bertz CT molecular complexity index is 794. The quantitative estimate of drug-likeness (QED) is 0.772. The number of carbonyl (C=O) groups excluding carboxylic acids is 1. The van der Waals surface area contributed by atoms with Crippen LogP contribution in [0, 0.1) is 0 Å². The van der Waals surface area contributed by atoms with Gasteiger partial charge in [0.05, 0.1) is 5.39 Å². The molecule has 0 bridgehead atoms. The van der Waals surface area contributed by atoms with Gasteiger partial charge < -0.3 is 15.0 Å². The largest absolute Gasteiger partial charge is 0.474 e. The van der Waals surface area contributed by atoms with Crippen molar-refractivity contribution in [2.45, 2.75) is 51.1 Å². The molecule has 3 rings (SSSR count). The number of hydrogen-bond acceptors (Lipinski definition) is 4. The Balaban J connectivity index is 1.74. The highest BCUT2D eigenvalue weighted by atomic mass is 19.3. The molecule has 1 amide bonds. The number of aromatic nitrogens is 3. The molecule has 26 heavy (non-hydrogen) atoms. The molecule has 0 radical (unpaired) electrons. The lowest BCUT2D eigenvalue weighted by Crippen LogP contribution is -2.31. The van der Waals surface area contributed by atoms with E-state index in [1.807, 2.05) is 6.92 Å². The lowest BCUT2D eigenvalue weighted by molar-refractivity contribution is -0.116. The standard InChI is InChI=1S/C18H22F2N4O2/c1-2-21-14(25)5-3-4-12-10-22-16-15(12)17(24-11-23-16)26-13-6-8-18(19,20)9-7-13/h3,5,10-11,13H,2,4,6-9H2,1H3,(H,21,25)(H,22,23,24). The van der Waals surface area contributed by atoms with Crippen molar-refractivity contribution in [2.24, 2.45) is 0 Å². The van der Waals surface area contributed by atoms with Gasteiger partial charge in [0.15, 0.2) is 0 Å². The summed E-state index contributed by atoms with van der Waals surface area (Å²) in [5, 5.41) is 3.42. The summed E-state index contributed by atoms with van der Waals surface area (Å²) in [6.07, 6.45) is 6.92. The summed E-state index contributed by atoms with van der Waals surface area (Å²) in [5.74, 6) is -2.35. The van der Waals surface area contributed by atoms with Crippen molar-refractivity contribution in [1.29, 1.82) is 0 Å². The zero-order chi connectivity index (χ0) is 18.6. The van der Waals surface area contributed by atoms with E-state index in [1.165, 1.54) is 12.4 Å². The average molecular weight is 364 g/mol. The Hall–Kier alpha value is -2.51. The number of rotatable bonds is 6. The van der Waals surface area contributed by atoms with Gasteiger partial charge in [0.2, 0.25) is 17.7 Å². The third-order valence-corrected chi connectivity index (χ3v) is 4.42. The minimum atomic E-state index is -2.59. The van der Waals surface area contributed by atoms with E-state index in [2.05, 4.69) is 20.3 Å². The van der Waals surface area contributed by atoms with Crippen molar-refractivity contribution >= 4 is 16.9 Å². The first-order chi connectivity index (χ1) is 12.5. The van der Waals surface area contributed by atoms with Crippen molar-refractivity contribution in [1.82, 2.24) is 20.3 Å². The molecule has 140 valence electrons. The Morgan fingerprint density at radius 2 is 2.19 bits per heavy atom. The van der Waals surface area contributed by atoms with Crippen molar-refractivity contribution in [3.8, 4) is 5.88 Å². The minimum absolute atomic E-state index is 0.150. The van der Waals surface area contributed by atoms with Crippen LogP contribution in [-0.2, 0) is 11.2 Å². The van der Waals surface area contributed by atoms with Gasteiger partial charge in [-0.15, -0.1) is 0 Å². The number of fused-ring (bicyclic) bond motifs is 1. The summed E-state index contributed by atoms with van der Waals surface area (Å²) in [7, 11) is 0. The maximum atomic E-state index is 13.3. The number of hydrogen-bond donors (Lipinski definition) is 2. The van der Waals surface area contributed by atoms with Gasteiger partial charge >= 0.3 is 0 Å². The molecule has 0 saturated heterocycles. The van der Waals surface area contributed by atoms with Gasteiger partial charge in [-0.2, -0.15) is 0 Å². The number of amides is 1. The molecule has 0 aromatic carbocycles. The first kappa shape index (κ1) is 18.3. The second kappa shape index (κ2) is 7.80. The fourth-order valence-electron chi connectivity index (χ4n) is 3.06. The highest BCUT2D eigenvalue weighted by Gasteiger charge is 2.36. The lowest BCUT2D eigenvalue weighted by Gasteiger charge is -2.28. The van der Waals surface area contributed by atoms with E-state index in [9.17, 15) is 13.6 Å². The second-order valence-electron chi connectivity index (χ2n) is 6.39. The molecule has 8 heteroatoms. The third-order valence-electron chi connectivity index (χ3n) is 4.42. The van der Waals surface area contributed by atoms with Crippen molar-refractivity contribution in [3.05, 3.63) is 30.2 Å². The number of nitrogens with zero attached hydrogens (tertiary/aromatic N) is 2. The molecule has 1 saturated carbocycles. The Morgan fingerprint density at radius 1 is 1.42 bits per heavy atom. The maximum Gasteiger partial charge on any atom is 0.248 e. The van der Waals surface area contributed by atoms with Crippen molar-refractivity contribution in [3.63, 3.8) is 0 Å². The average Bonchev–Trinajstić information content (AvgIpc) is 3.01. The molecule has 2 aromatic heterocycles. The predicted molar refractivity (Wildman–Crippen MR) is 93.2 cm³/mol. The Kier molecular flexibility index (Phi) is 5.49. The molecule has 0 aliphatic heterocycles. The normalized spacial score (nSPS) is 17.7. The number of ether oxygens (including phenoxy) is 1. The number of halogens is 2. The summed E-state index contributed by atoms with van der Waals surface area (Å²) < 4.78 is 32.6. The van der Waals surface area contributed by atoms with Crippen LogP contribution < -0.4 is 10.1 Å². The van der Waals surface area contributed by atoms with E-state index in [0.717, 1.165) is 10.9 Å². The van der Waals surface area contributed by atoms with Crippen LogP contribution in [-0.4, -0.2) is 39.4 Å². The topological polar surface area (TPSA) is 79.9 Å². The molecule has 0 unspecified atom stereocenters. The van der Waals surface area contributed by atoms with E-state index < -0.39 is 5.92 Å². The zero-order valence-electron chi connectivity index (χ0n) is 14.6. The molecule has 6 nitrogen and oxygen atoms in total. The SMILES string of the molecule is CCNC(=O)C=CCc1c[nH]c2ncnc(OC3CCC(F)(F)CC3)c12. The van der Waals surface area contributed by atoms with Crippen LogP contribution in [0.4, 0.5) is 8.78 Å². The smallest absolute Gasteiger partial charge is 0.248 e. The number of aromatic amines is 1. The van der Waals surface area contributed by atoms with Gasteiger partial charge in [-0.25, -0.2) is 18.7 Å². The van der Waals surface area contributed by atoms with Crippen LogP contribution in [0.5, 0.6) is 5.88 Å². The van der Waals surface area contributed by atoms with E-state index in [4.69, 9.17) is 4.74 Å². The number of H-pyrrole nitrogens is 1. The van der Waals surface area contributed by atoms with E-state index in [-0.39, 0.29) is 24.9 Å². The Morgan fingerprint density at radius 3 is 2.92 bits per heavy atom. The lowest BCUT2D eigenvalue weighted by atomic mass is 9.94. The molecule has 2 aromatic rings. The van der Waals surface area contributed by atoms with Crippen LogP contribution in [0.3, 0.4) is 0 Å². The molecule has 0 atom stereocenters.